The van der Waals surface area contributed by atoms with Crippen molar-refractivity contribution >= 4 is 15.9 Å². The fraction of sp³-hybridized carbons (Fsp3) is 0.318. The average molecular weight is 440 g/mol. The van der Waals surface area contributed by atoms with Gasteiger partial charge in [-0.25, -0.2) is 18.1 Å². The van der Waals surface area contributed by atoms with Gasteiger partial charge in [-0.15, -0.1) is 0 Å². The lowest BCUT2D eigenvalue weighted by Gasteiger charge is -2.32. The van der Waals surface area contributed by atoms with Crippen LogP contribution in [0.4, 0.5) is 0 Å². The van der Waals surface area contributed by atoms with E-state index in [1.165, 1.54) is 12.4 Å². The molecule has 2 aromatic carbocycles. The van der Waals surface area contributed by atoms with Crippen molar-refractivity contribution in [2.24, 2.45) is 0 Å². The Labute approximate surface area is 182 Å². The Morgan fingerprint density at radius 1 is 1.16 bits per heavy atom. The van der Waals surface area contributed by atoms with Crippen LogP contribution in [-0.2, 0) is 16.6 Å². The molecule has 3 aromatic rings. The summed E-state index contributed by atoms with van der Waals surface area (Å²) in [5, 5.41) is 6.93. The van der Waals surface area contributed by atoms with Gasteiger partial charge < -0.3 is 5.32 Å². The van der Waals surface area contributed by atoms with Gasteiger partial charge in [0, 0.05) is 24.7 Å². The van der Waals surface area contributed by atoms with Gasteiger partial charge in [0.2, 0.25) is 10.0 Å². The van der Waals surface area contributed by atoms with Gasteiger partial charge in [-0.3, -0.25) is 4.79 Å². The first kappa shape index (κ1) is 21.2. The van der Waals surface area contributed by atoms with Gasteiger partial charge in [-0.2, -0.15) is 9.40 Å². The van der Waals surface area contributed by atoms with E-state index >= 15 is 0 Å². The highest BCUT2D eigenvalue weighted by Crippen LogP contribution is 2.25. The number of sulfonamides is 1. The Morgan fingerprint density at radius 2 is 1.97 bits per heavy atom. The summed E-state index contributed by atoms with van der Waals surface area (Å²) in [6.07, 6.45) is 5.83. The molecule has 1 saturated heterocycles. The van der Waals surface area contributed by atoms with Crippen molar-refractivity contribution in [3.05, 3.63) is 72.3 Å². The molecular formula is C22H25N5O3S. The third kappa shape index (κ3) is 4.67. The molecule has 9 heteroatoms. The molecule has 1 aliphatic heterocycles. The van der Waals surface area contributed by atoms with Crippen LogP contribution in [0.2, 0.25) is 0 Å². The van der Waals surface area contributed by atoms with Crippen molar-refractivity contribution in [2.75, 3.05) is 6.54 Å². The molecule has 1 aliphatic rings. The molecule has 1 fully saturated rings. The first-order chi connectivity index (χ1) is 14.9. The molecule has 1 aromatic heterocycles. The number of carbonyl (C=O) groups is 1. The molecule has 1 amide bonds. The highest BCUT2D eigenvalue weighted by Gasteiger charge is 2.31. The second-order valence-corrected chi connectivity index (χ2v) is 9.57. The average Bonchev–Trinajstić information content (AvgIpc) is 3.33. The summed E-state index contributed by atoms with van der Waals surface area (Å²) in [5.74, 6) is -0.316. The largest absolute Gasteiger partial charge is 0.348 e. The highest BCUT2D eigenvalue weighted by molar-refractivity contribution is 7.89. The Morgan fingerprint density at radius 3 is 2.68 bits per heavy atom. The van der Waals surface area contributed by atoms with Crippen LogP contribution in [0.1, 0.15) is 42.1 Å². The molecule has 0 saturated carbocycles. The molecule has 31 heavy (non-hydrogen) atoms. The Kier molecular flexibility index (Phi) is 6.15. The van der Waals surface area contributed by atoms with E-state index in [-0.39, 0.29) is 16.8 Å². The third-order valence-electron chi connectivity index (χ3n) is 5.52. The summed E-state index contributed by atoms with van der Waals surface area (Å²) in [6.45, 7) is 2.78. The van der Waals surface area contributed by atoms with Crippen molar-refractivity contribution in [1.82, 2.24) is 24.4 Å². The fourth-order valence-corrected chi connectivity index (χ4v) is 5.50. The van der Waals surface area contributed by atoms with Crippen molar-refractivity contribution < 1.29 is 13.2 Å². The summed E-state index contributed by atoms with van der Waals surface area (Å²) in [5.41, 5.74) is 2.12. The molecule has 8 nitrogen and oxygen atoms in total. The zero-order chi connectivity index (χ0) is 21.8. The van der Waals surface area contributed by atoms with E-state index in [1.807, 2.05) is 31.2 Å². The van der Waals surface area contributed by atoms with Crippen molar-refractivity contribution in [1.29, 1.82) is 0 Å². The van der Waals surface area contributed by atoms with Gasteiger partial charge in [-0.1, -0.05) is 24.6 Å². The minimum atomic E-state index is -3.62. The molecule has 0 aliphatic carbocycles. The fourth-order valence-electron chi connectivity index (χ4n) is 3.75. The predicted octanol–water partition coefficient (Wildman–Crippen LogP) is 2.76. The molecular weight excluding hydrogens is 414 g/mol. The second-order valence-electron chi connectivity index (χ2n) is 7.68. The van der Waals surface area contributed by atoms with E-state index in [9.17, 15) is 13.2 Å². The van der Waals surface area contributed by atoms with E-state index in [0.29, 0.717) is 18.7 Å². The number of carbonyl (C=O) groups excluding carboxylic acids is 1. The quantitative estimate of drug-likeness (QED) is 0.637. The van der Waals surface area contributed by atoms with E-state index in [2.05, 4.69) is 15.4 Å². The van der Waals surface area contributed by atoms with E-state index in [4.69, 9.17) is 0 Å². The van der Waals surface area contributed by atoms with Crippen LogP contribution in [0.5, 0.6) is 0 Å². The van der Waals surface area contributed by atoms with E-state index < -0.39 is 10.0 Å². The maximum atomic E-state index is 13.1. The number of benzene rings is 2. The van der Waals surface area contributed by atoms with Crippen LogP contribution >= 0.6 is 0 Å². The van der Waals surface area contributed by atoms with Gasteiger partial charge in [0.05, 0.1) is 10.6 Å². The SMILES string of the molecule is CC1CCCCN1S(=O)(=O)c1cccc(C(=O)NCc2ccc(-n3cncn3)cc2)c1. The van der Waals surface area contributed by atoms with Gasteiger partial charge >= 0.3 is 0 Å². The van der Waals surface area contributed by atoms with Crippen LogP contribution in [0.3, 0.4) is 0 Å². The molecule has 1 unspecified atom stereocenters. The second kappa shape index (κ2) is 8.99. The topological polar surface area (TPSA) is 97.2 Å². The maximum absolute atomic E-state index is 13.1. The number of hydrogen-bond donors (Lipinski definition) is 1. The van der Waals surface area contributed by atoms with E-state index in [0.717, 1.165) is 30.5 Å². The number of aromatic nitrogens is 3. The van der Waals surface area contributed by atoms with Crippen LogP contribution < -0.4 is 5.32 Å². The predicted molar refractivity (Wildman–Crippen MR) is 116 cm³/mol. The summed E-state index contributed by atoms with van der Waals surface area (Å²) in [6, 6.07) is 13.8. The molecule has 4 rings (SSSR count). The van der Waals surface area contributed by atoms with Crippen molar-refractivity contribution in [2.45, 2.75) is 43.7 Å². The molecule has 0 spiro atoms. The number of nitrogens with one attached hydrogen (secondary N) is 1. The van der Waals surface area contributed by atoms with Crippen LogP contribution in [0, 0.1) is 0 Å². The van der Waals surface area contributed by atoms with Crippen molar-refractivity contribution in [3.8, 4) is 5.69 Å². The molecule has 0 bridgehead atoms. The number of amides is 1. The molecule has 1 atom stereocenters. The lowest BCUT2D eigenvalue weighted by atomic mass is 10.1. The first-order valence-electron chi connectivity index (χ1n) is 10.3. The van der Waals surface area contributed by atoms with Gasteiger partial charge in [0.1, 0.15) is 12.7 Å². The van der Waals surface area contributed by atoms with Crippen LogP contribution in [0.25, 0.3) is 5.69 Å². The summed E-state index contributed by atoms with van der Waals surface area (Å²) < 4.78 is 29.3. The molecule has 2 heterocycles. The number of rotatable bonds is 6. The van der Waals surface area contributed by atoms with Crippen LogP contribution in [0.15, 0.2) is 66.1 Å². The Balaban J connectivity index is 1.43. The Bertz CT molecular complexity index is 1140. The van der Waals surface area contributed by atoms with Gasteiger partial charge in [-0.05, 0) is 55.7 Å². The summed E-state index contributed by atoms with van der Waals surface area (Å²) in [4.78, 5) is 16.7. The number of piperidine rings is 1. The van der Waals surface area contributed by atoms with Crippen LogP contribution in [-0.4, -0.2) is 46.0 Å². The van der Waals surface area contributed by atoms with Crippen molar-refractivity contribution in [3.63, 3.8) is 0 Å². The minimum absolute atomic E-state index is 0.0308. The molecule has 0 radical (unpaired) electrons. The lowest BCUT2D eigenvalue weighted by molar-refractivity contribution is 0.0950. The summed E-state index contributed by atoms with van der Waals surface area (Å²) >= 11 is 0. The smallest absolute Gasteiger partial charge is 0.251 e. The van der Waals surface area contributed by atoms with Gasteiger partial charge in [0.25, 0.3) is 5.91 Å². The zero-order valence-corrected chi connectivity index (χ0v) is 18.1. The highest BCUT2D eigenvalue weighted by atomic mass is 32.2. The van der Waals surface area contributed by atoms with Gasteiger partial charge in [0.15, 0.2) is 0 Å². The third-order valence-corrected chi connectivity index (χ3v) is 7.53. The molecule has 1 N–H and O–H groups in total. The first-order valence-corrected chi connectivity index (χ1v) is 11.7. The standard InChI is InChI=1S/C22H25N5O3S/c1-17-5-2-3-12-27(17)31(29,30)21-7-4-6-19(13-21)22(28)24-14-18-8-10-20(11-9-18)26-16-23-15-25-26/h4,6-11,13,15-17H,2-3,5,12,14H2,1H3,(H,24,28). The number of hydrogen-bond acceptors (Lipinski definition) is 5. The molecule has 162 valence electrons. The Hall–Kier alpha value is -3.04. The summed E-state index contributed by atoms with van der Waals surface area (Å²) in [7, 11) is -3.62. The van der Waals surface area contributed by atoms with E-state index in [1.54, 1.807) is 33.5 Å². The zero-order valence-electron chi connectivity index (χ0n) is 17.3. The normalized spacial score (nSPS) is 17.4. The minimum Gasteiger partial charge on any atom is -0.348 e. The monoisotopic (exact) mass is 439 g/mol. The maximum Gasteiger partial charge on any atom is 0.251 e. The lowest BCUT2D eigenvalue weighted by Crippen LogP contribution is -2.42. The number of nitrogens with zero attached hydrogens (tertiary/aromatic N) is 4.